The summed E-state index contributed by atoms with van der Waals surface area (Å²) in [4.78, 5) is 11.1. The number of hydrogen-bond acceptors (Lipinski definition) is 6. The van der Waals surface area contributed by atoms with Crippen molar-refractivity contribution in [1.29, 1.82) is 0 Å². The number of nitrogens with one attached hydrogen (secondary N) is 2. The predicted octanol–water partition coefficient (Wildman–Crippen LogP) is 2.43. The molecule has 114 valence electrons. The first-order valence-corrected chi connectivity index (χ1v) is 8.48. The molecule has 1 fully saturated rings. The van der Waals surface area contributed by atoms with Gasteiger partial charge in [0.15, 0.2) is 0 Å². The lowest BCUT2D eigenvalue weighted by molar-refractivity contribution is 0.0394. The fourth-order valence-corrected chi connectivity index (χ4v) is 3.51. The molecule has 3 rings (SSSR count). The Morgan fingerprint density at radius 2 is 2.24 bits per heavy atom. The van der Waals surface area contributed by atoms with Crippen LogP contribution in [0.1, 0.15) is 24.6 Å². The highest BCUT2D eigenvalue weighted by molar-refractivity contribution is 7.18. The predicted molar refractivity (Wildman–Crippen MR) is 87.1 cm³/mol. The van der Waals surface area contributed by atoms with E-state index in [1.807, 2.05) is 0 Å². The van der Waals surface area contributed by atoms with Gasteiger partial charge in [0.2, 0.25) is 0 Å². The normalized spacial score (nSPS) is 16.4. The van der Waals surface area contributed by atoms with E-state index >= 15 is 0 Å². The van der Waals surface area contributed by atoms with E-state index in [1.54, 1.807) is 17.7 Å². The van der Waals surface area contributed by atoms with Crippen LogP contribution in [0.3, 0.4) is 0 Å². The van der Waals surface area contributed by atoms with Crippen molar-refractivity contribution in [2.75, 3.05) is 31.6 Å². The minimum absolute atomic E-state index is 0.409. The van der Waals surface area contributed by atoms with Crippen LogP contribution in [0.15, 0.2) is 12.4 Å². The Bertz CT molecular complexity index is 580. The van der Waals surface area contributed by atoms with Crippen molar-refractivity contribution in [3.05, 3.63) is 17.3 Å². The molecule has 1 aliphatic heterocycles. The smallest absolute Gasteiger partial charge is 0.138 e. The molecule has 0 aliphatic carbocycles. The number of nitrogens with zero attached hydrogens (tertiary/aromatic N) is 2. The maximum Gasteiger partial charge on any atom is 0.138 e. The third-order valence-electron chi connectivity index (χ3n) is 3.76. The number of rotatable bonds is 6. The third kappa shape index (κ3) is 3.70. The van der Waals surface area contributed by atoms with E-state index in [2.05, 4.69) is 33.6 Å². The highest BCUT2D eigenvalue weighted by Crippen LogP contribution is 2.28. The van der Waals surface area contributed by atoms with Gasteiger partial charge in [0.25, 0.3) is 0 Å². The molecule has 0 aromatic carbocycles. The third-order valence-corrected chi connectivity index (χ3v) is 4.95. The van der Waals surface area contributed by atoms with Crippen molar-refractivity contribution in [2.24, 2.45) is 0 Å². The number of ether oxygens (including phenoxy) is 1. The Labute approximate surface area is 129 Å². The zero-order chi connectivity index (χ0) is 14.5. The van der Waals surface area contributed by atoms with E-state index in [0.29, 0.717) is 6.10 Å². The zero-order valence-electron chi connectivity index (χ0n) is 12.4. The number of hydrogen-bond donors (Lipinski definition) is 2. The molecule has 6 heteroatoms. The van der Waals surface area contributed by atoms with E-state index in [9.17, 15) is 0 Å². The molecule has 0 spiro atoms. The highest BCUT2D eigenvalue weighted by atomic mass is 32.1. The summed E-state index contributed by atoms with van der Waals surface area (Å²) in [6.07, 6.45) is 5.31. The number of thiophene rings is 1. The molecule has 5 nitrogen and oxygen atoms in total. The molecule has 0 radical (unpaired) electrons. The van der Waals surface area contributed by atoms with E-state index in [1.165, 1.54) is 4.88 Å². The summed E-state index contributed by atoms with van der Waals surface area (Å²) in [5.41, 5.74) is 0. The second-order valence-electron chi connectivity index (χ2n) is 5.25. The SMILES string of the molecule is CCc1cc2c(NCCOC3CCNCC3)ncnc2s1. The quantitative estimate of drug-likeness (QED) is 0.803. The lowest BCUT2D eigenvalue weighted by Crippen LogP contribution is -2.33. The second-order valence-corrected chi connectivity index (χ2v) is 6.37. The topological polar surface area (TPSA) is 59.1 Å². The number of fused-ring (bicyclic) bond motifs is 1. The van der Waals surface area contributed by atoms with Crippen LogP contribution in [-0.4, -0.2) is 42.3 Å². The first-order chi connectivity index (χ1) is 10.4. The van der Waals surface area contributed by atoms with Gasteiger partial charge in [0.05, 0.1) is 18.1 Å². The molecule has 0 bridgehead atoms. The summed E-state index contributed by atoms with van der Waals surface area (Å²) < 4.78 is 5.90. The number of anilines is 1. The first kappa shape index (κ1) is 14.7. The van der Waals surface area contributed by atoms with E-state index < -0.39 is 0 Å². The van der Waals surface area contributed by atoms with Crippen molar-refractivity contribution < 1.29 is 4.74 Å². The lowest BCUT2D eigenvalue weighted by Gasteiger charge is -2.23. The largest absolute Gasteiger partial charge is 0.376 e. The van der Waals surface area contributed by atoms with Crippen molar-refractivity contribution in [3.63, 3.8) is 0 Å². The van der Waals surface area contributed by atoms with Gasteiger partial charge in [0, 0.05) is 11.4 Å². The van der Waals surface area contributed by atoms with E-state index in [-0.39, 0.29) is 0 Å². The van der Waals surface area contributed by atoms with Crippen LogP contribution in [0, 0.1) is 0 Å². The monoisotopic (exact) mass is 306 g/mol. The van der Waals surface area contributed by atoms with Gasteiger partial charge in [-0.25, -0.2) is 9.97 Å². The van der Waals surface area contributed by atoms with Gasteiger partial charge < -0.3 is 15.4 Å². The van der Waals surface area contributed by atoms with Gasteiger partial charge in [0.1, 0.15) is 17.0 Å². The number of piperidine rings is 1. The minimum Gasteiger partial charge on any atom is -0.376 e. The van der Waals surface area contributed by atoms with Crippen molar-refractivity contribution in [3.8, 4) is 0 Å². The summed E-state index contributed by atoms with van der Waals surface area (Å²) in [6, 6.07) is 2.19. The Hall–Kier alpha value is -1.24. The molecule has 2 aromatic rings. The second kappa shape index (κ2) is 7.15. The van der Waals surface area contributed by atoms with Gasteiger partial charge in [-0.3, -0.25) is 0 Å². The van der Waals surface area contributed by atoms with Gasteiger partial charge in [-0.1, -0.05) is 6.92 Å². The maximum absolute atomic E-state index is 5.90. The van der Waals surface area contributed by atoms with Crippen LogP contribution in [0.25, 0.3) is 10.2 Å². The minimum atomic E-state index is 0.409. The molecule has 3 heterocycles. The van der Waals surface area contributed by atoms with Crippen LogP contribution in [0.2, 0.25) is 0 Å². The zero-order valence-corrected chi connectivity index (χ0v) is 13.2. The standard InChI is InChI=1S/C15H22N4OS/c1-2-12-9-13-14(18-10-19-15(13)21-12)17-7-8-20-11-3-5-16-6-4-11/h9-11,16H,2-8H2,1H3,(H,17,18,19). The van der Waals surface area contributed by atoms with Crippen molar-refractivity contribution >= 4 is 27.4 Å². The van der Waals surface area contributed by atoms with Crippen LogP contribution < -0.4 is 10.6 Å². The number of aryl methyl sites for hydroxylation is 1. The van der Waals surface area contributed by atoms with Crippen molar-refractivity contribution in [2.45, 2.75) is 32.3 Å². The lowest BCUT2D eigenvalue weighted by atomic mass is 10.1. The molecular formula is C15H22N4OS. The molecule has 0 saturated carbocycles. The Morgan fingerprint density at radius 1 is 1.38 bits per heavy atom. The van der Waals surface area contributed by atoms with Crippen LogP contribution in [0.5, 0.6) is 0 Å². The first-order valence-electron chi connectivity index (χ1n) is 7.66. The Morgan fingerprint density at radius 3 is 3.05 bits per heavy atom. The maximum atomic E-state index is 5.90. The summed E-state index contributed by atoms with van der Waals surface area (Å²) >= 11 is 1.74. The molecule has 21 heavy (non-hydrogen) atoms. The molecule has 1 saturated heterocycles. The summed E-state index contributed by atoms with van der Waals surface area (Å²) in [6.45, 7) is 5.81. The highest BCUT2D eigenvalue weighted by Gasteiger charge is 2.13. The molecule has 2 N–H and O–H groups in total. The van der Waals surface area contributed by atoms with Gasteiger partial charge >= 0.3 is 0 Å². The van der Waals surface area contributed by atoms with Crippen LogP contribution in [0.4, 0.5) is 5.82 Å². The Balaban J connectivity index is 1.54. The molecule has 0 amide bonds. The van der Waals surface area contributed by atoms with Gasteiger partial charge in [-0.15, -0.1) is 11.3 Å². The Kier molecular flexibility index (Phi) is 5.00. The van der Waals surface area contributed by atoms with Gasteiger partial charge in [-0.2, -0.15) is 0 Å². The molecule has 0 atom stereocenters. The van der Waals surface area contributed by atoms with Gasteiger partial charge in [-0.05, 0) is 38.4 Å². The number of aromatic nitrogens is 2. The van der Waals surface area contributed by atoms with Crippen molar-refractivity contribution in [1.82, 2.24) is 15.3 Å². The summed E-state index contributed by atoms with van der Waals surface area (Å²) in [5, 5.41) is 7.85. The summed E-state index contributed by atoms with van der Waals surface area (Å²) in [7, 11) is 0. The van der Waals surface area contributed by atoms with E-state index in [0.717, 1.165) is 61.5 Å². The molecule has 0 unspecified atom stereocenters. The fourth-order valence-electron chi connectivity index (χ4n) is 2.58. The fraction of sp³-hybridized carbons (Fsp3) is 0.600. The molecular weight excluding hydrogens is 284 g/mol. The van der Waals surface area contributed by atoms with Crippen LogP contribution in [-0.2, 0) is 11.2 Å². The summed E-state index contributed by atoms with van der Waals surface area (Å²) in [5.74, 6) is 0.921. The average molecular weight is 306 g/mol. The molecule has 1 aliphatic rings. The molecule has 2 aromatic heterocycles. The van der Waals surface area contributed by atoms with E-state index in [4.69, 9.17) is 4.74 Å². The van der Waals surface area contributed by atoms with Crippen LogP contribution >= 0.6 is 11.3 Å². The average Bonchev–Trinajstić information content (AvgIpc) is 2.96.